The summed E-state index contributed by atoms with van der Waals surface area (Å²) in [4.78, 5) is 8.78. The number of nitrogens with one attached hydrogen (secondary N) is 1. The number of nitrogens with zero attached hydrogens (tertiary/aromatic N) is 4. The third kappa shape index (κ3) is 2.81. The normalized spacial score (nSPS) is 10.5. The molecule has 17 heavy (non-hydrogen) atoms. The maximum atomic E-state index is 4.51. The molecular formula is C12H17N5. The van der Waals surface area contributed by atoms with Gasteiger partial charge in [-0.3, -0.25) is 0 Å². The van der Waals surface area contributed by atoms with Crippen molar-refractivity contribution in [1.82, 2.24) is 19.7 Å². The zero-order chi connectivity index (χ0) is 12.3. The van der Waals surface area contributed by atoms with Crippen LogP contribution in [0.5, 0.6) is 0 Å². The molecule has 2 aromatic rings. The molecule has 2 rings (SSSR count). The molecule has 0 spiro atoms. The Kier molecular flexibility index (Phi) is 3.37. The van der Waals surface area contributed by atoms with Gasteiger partial charge in [0.25, 0.3) is 0 Å². The molecule has 0 atom stereocenters. The summed E-state index contributed by atoms with van der Waals surface area (Å²) in [5.74, 6) is 2.61. The molecule has 0 aromatic carbocycles. The second kappa shape index (κ2) is 4.95. The van der Waals surface area contributed by atoms with E-state index in [0.717, 1.165) is 29.7 Å². The molecule has 0 saturated carbocycles. The molecule has 90 valence electrons. The Hall–Kier alpha value is -1.91. The summed E-state index contributed by atoms with van der Waals surface area (Å²) in [6.07, 6.45) is 0. The Morgan fingerprint density at radius 1 is 1.24 bits per heavy atom. The van der Waals surface area contributed by atoms with Crippen molar-refractivity contribution < 1.29 is 0 Å². The number of pyridine rings is 1. The summed E-state index contributed by atoms with van der Waals surface area (Å²) >= 11 is 0. The molecule has 2 heterocycles. The van der Waals surface area contributed by atoms with Gasteiger partial charge in [0.05, 0.1) is 12.2 Å². The Bertz CT molecular complexity index is 503. The lowest BCUT2D eigenvalue weighted by Crippen LogP contribution is -2.07. The van der Waals surface area contributed by atoms with Crippen LogP contribution in [0.1, 0.15) is 24.3 Å². The second-order valence-electron chi connectivity index (χ2n) is 3.91. The maximum Gasteiger partial charge on any atom is 0.147 e. The zero-order valence-electron chi connectivity index (χ0n) is 10.4. The quantitative estimate of drug-likeness (QED) is 0.871. The number of aromatic nitrogens is 4. The number of rotatable bonds is 4. The van der Waals surface area contributed by atoms with E-state index in [1.165, 1.54) is 0 Å². The monoisotopic (exact) mass is 231 g/mol. The van der Waals surface area contributed by atoms with Crippen molar-refractivity contribution in [3.05, 3.63) is 35.5 Å². The average Bonchev–Trinajstić information content (AvgIpc) is 2.58. The molecule has 5 heteroatoms. The lowest BCUT2D eigenvalue weighted by atomic mass is 10.3. The van der Waals surface area contributed by atoms with E-state index in [1.54, 1.807) is 0 Å². The van der Waals surface area contributed by atoms with Gasteiger partial charge in [0.2, 0.25) is 0 Å². The molecule has 0 saturated heterocycles. The van der Waals surface area contributed by atoms with Crippen LogP contribution in [0.25, 0.3) is 0 Å². The van der Waals surface area contributed by atoms with E-state index in [1.807, 2.05) is 36.7 Å². The fraction of sp³-hybridized carbons (Fsp3) is 0.417. The number of aryl methyl sites for hydroxylation is 2. The predicted octanol–water partition coefficient (Wildman–Crippen LogP) is 1.77. The standard InChI is InChI=1S/C12H17N5/c1-4-13-12-7-5-6-11(15-12)8-17-10(3)14-9(2)16-17/h5-7H,4,8H2,1-3H3,(H,13,15). The van der Waals surface area contributed by atoms with Gasteiger partial charge in [0.1, 0.15) is 17.5 Å². The van der Waals surface area contributed by atoms with Gasteiger partial charge < -0.3 is 5.32 Å². The van der Waals surface area contributed by atoms with Crippen LogP contribution in [-0.4, -0.2) is 26.3 Å². The molecular weight excluding hydrogens is 214 g/mol. The van der Waals surface area contributed by atoms with E-state index in [9.17, 15) is 0 Å². The summed E-state index contributed by atoms with van der Waals surface area (Å²) in [5, 5.41) is 7.52. The summed E-state index contributed by atoms with van der Waals surface area (Å²) in [5.41, 5.74) is 0.983. The Morgan fingerprint density at radius 2 is 2.06 bits per heavy atom. The molecule has 0 unspecified atom stereocenters. The van der Waals surface area contributed by atoms with Crippen molar-refractivity contribution in [2.24, 2.45) is 0 Å². The van der Waals surface area contributed by atoms with E-state index in [0.29, 0.717) is 6.54 Å². The van der Waals surface area contributed by atoms with E-state index in [4.69, 9.17) is 0 Å². The highest BCUT2D eigenvalue weighted by atomic mass is 15.3. The average molecular weight is 231 g/mol. The van der Waals surface area contributed by atoms with Crippen molar-refractivity contribution in [3.63, 3.8) is 0 Å². The summed E-state index contributed by atoms with van der Waals surface area (Å²) in [7, 11) is 0. The lowest BCUT2D eigenvalue weighted by molar-refractivity contribution is 0.644. The fourth-order valence-corrected chi connectivity index (χ4v) is 1.71. The SMILES string of the molecule is CCNc1cccc(Cn2nc(C)nc2C)n1. The topological polar surface area (TPSA) is 55.6 Å². The first-order valence-electron chi connectivity index (χ1n) is 5.77. The maximum absolute atomic E-state index is 4.51. The fourth-order valence-electron chi connectivity index (χ4n) is 1.71. The lowest BCUT2D eigenvalue weighted by Gasteiger charge is -2.06. The zero-order valence-corrected chi connectivity index (χ0v) is 10.4. The number of hydrogen-bond acceptors (Lipinski definition) is 4. The minimum Gasteiger partial charge on any atom is -0.370 e. The van der Waals surface area contributed by atoms with Crippen LogP contribution in [0, 0.1) is 13.8 Å². The molecule has 1 N–H and O–H groups in total. The second-order valence-corrected chi connectivity index (χ2v) is 3.91. The van der Waals surface area contributed by atoms with Crippen molar-refractivity contribution in [1.29, 1.82) is 0 Å². The van der Waals surface area contributed by atoms with Crippen molar-refractivity contribution >= 4 is 5.82 Å². The van der Waals surface area contributed by atoms with Crippen molar-refractivity contribution in [2.75, 3.05) is 11.9 Å². The first-order chi connectivity index (χ1) is 8.19. The van der Waals surface area contributed by atoms with E-state index < -0.39 is 0 Å². The van der Waals surface area contributed by atoms with Crippen molar-refractivity contribution in [3.8, 4) is 0 Å². The minimum absolute atomic E-state index is 0.659. The molecule has 2 aromatic heterocycles. The highest BCUT2D eigenvalue weighted by molar-refractivity contribution is 5.35. The van der Waals surface area contributed by atoms with E-state index >= 15 is 0 Å². The first kappa shape index (κ1) is 11.6. The molecule has 5 nitrogen and oxygen atoms in total. The molecule has 0 aliphatic rings. The van der Waals surface area contributed by atoms with Crippen LogP contribution in [0.2, 0.25) is 0 Å². The number of hydrogen-bond donors (Lipinski definition) is 1. The van der Waals surface area contributed by atoms with Gasteiger partial charge in [-0.05, 0) is 32.9 Å². The minimum atomic E-state index is 0.659. The molecule has 0 amide bonds. The molecule has 0 bridgehead atoms. The summed E-state index contributed by atoms with van der Waals surface area (Å²) in [6, 6.07) is 5.96. The van der Waals surface area contributed by atoms with Crippen molar-refractivity contribution in [2.45, 2.75) is 27.3 Å². The third-order valence-electron chi connectivity index (χ3n) is 2.44. The molecule has 0 aliphatic heterocycles. The highest BCUT2D eigenvalue weighted by Crippen LogP contribution is 2.07. The summed E-state index contributed by atoms with van der Waals surface area (Å²) in [6.45, 7) is 7.43. The largest absolute Gasteiger partial charge is 0.370 e. The Balaban J connectivity index is 2.18. The first-order valence-corrected chi connectivity index (χ1v) is 5.77. The summed E-state index contributed by atoms with van der Waals surface area (Å²) < 4.78 is 1.87. The van der Waals surface area contributed by atoms with Gasteiger partial charge in [-0.25, -0.2) is 14.6 Å². The van der Waals surface area contributed by atoms with Crippen LogP contribution in [-0.2, 0) is 6.54 Å². The highest BCUT2D eigenvalue weighted by Gasteiger charge is 2.04. The van der Waals surface area contributed by atoms with Crippen LogP contribution in [0.4, 0.5) is 5.82 Å². The molecule has 0 fully saturated rings. The van der Waals surface area contributed by atoms with Crippen LogP contribution in [0.3, 0.4) is 0 Å². The number of anilines is 1. The Labute approximate surface area is 101 Å². The van der Waals surface area contributed by atoms with Crippen LogP contribution < -0.4 is 5.32 Å². The van der Waals surface area contributed by atoms with Gasteiger partial charge in [-0.2, -0.15) is 5.10 Å². The van der Waals surface area contributed by atoms with E-state index in [-0.39, 0.29) is 0 Å². The molecule has 0 aliphatic carbocycles. The smallest absolute Gasteiger partial charge is 0.147 e. The van der Waals surface area contributed by atoms with E-state index in [2.05, 4.69) is 27.3 Å². The molecule has 0 radical (unpaired) electrons. The van der Waals surface area contributed by atoms with Gasteiger partial charge in [-0.15, -0.1) is 0 Å². The van der Waals surface area contributed by atoms with Gasteiger partial charge in [0.15, 0.2) is 0 Å². The van der Waals surface area contributed by atoms with Crippen LogP contribution >= 0.6 is 0 Å². The predicted molar refractivity (Wildman–Crippen MR) is 67.0 cm³/mol. The Morgan fingerprint density at radius 3 is 2.71 bits per heavy atom. The third-order valence-corrected chi connectivity index (χ3v) is 2.44. The van der Waals surface area contributed by atoms with Gasteiger partial charge in [0, 0.05) is 6.54 Å². The van der Waals surface area contributed by atoms with Gasteiger partial charge >= 0.3 is 0 Å². The van der Waals surface area contributed by atoms with Gasteiger partial charge in [-0.1, -0.05) is 6.07 Å². The van der Waals surface area contributed by atoms with Crippen LogP contribution in [0.15, 0.2) is 18.2 Å².